The van der Waals surface area contributed by atoms with Gasteiger partial charge < -0.3 is 4.90 Å². The van der Waals surface area contributed by atoms with E-state index >= 15 is 0 Å². The van der Waals surface area contributed by atoms with Crippen molar-refractivity contribution >= 4 is 15.9 Å². The Bertz CT molecular complexity index is 1320. The van der Waals surface area contributed by atoms with Crippen LogP contribution in [0.2, 0.25) is 0 Å². The van der Waals surface area contributed by atoms with Crippen molar-refractivity contribution < 1.29 is 26.4 Å². The molecule has 0 spiro atoms. The topological polar surface area (TPSA) is 75.5 Å². The molecule has 2 heterocycles. The molecule has 0 aliphatic carbocycles. The zero-order chi connectivity index (χ0) is 26.8. The summed E-state index contributed by atoms with van der Waals surface area (Å²) in [7, 11) is -3.75. The average Bonchev–Trinajstić information content (AvgIpc) is 3.44. The quantitative estimate of drug-likeness (QED) is 0.432. The maximum Gasteiger partial charge on any atom is 0.416 e. The van der Waals surface area contributed by atoms with E-state index in [9.17, 15) is 26.4 Å². The fraction of sp³-hybridized carbons (Fsp3) is 0.385. The summed E-state index contributed by atoms with van der Waals surface area (Å²) in [6.45, 7) is 3.89. The predicted octanol–water partition coefficient (Wildman–Crippen LogP) is 4.90. The molecule has 0 radical (unpaired) electrons. The van der Waals surface area contributed by atoms with Crippen LogP contribution in [-0.4, -0.2) is 52.9 Å². The van der Waals surface area contributed by atoms with Crippen molar-refractivity contribution in [1.82, 2.24) is 19.0 Å². The third-order valence-electron chi connectivity index (χ3n) is 6.85. The zero-order valence-electron chi connectivity index (χ0n) is 20.6. The zero-order valence-corrected chi connectivity index (χ0v) is 21.4. The number of hydrogen-bond donors (Lipinski definition) is 0. The molecule has 0 N–H and O–H groups in total. The summed E-state index contributed by atoms with van der Waals surface area (Å²) in [5, 5.41) is 4.13. The van der Waals surface area contributed by atoms with E-state index in [1.807, 2.05) is 0 Å². The highest BCUT2D eigenvalue weighted by Crippen LogP contribution is 2.37. The second-order valence-corrected chi connectivity index (χ2v) is 10.9. The van der Waals surface area contributed by atoms with E-state index < -0.39 is 33.7 Å². The number of nitrogens with zero attached hydrogens (tertiary/aromatic N) is 4. The van der Waals surface area contributed by atoms with E-state index in [0.29, 0.717) is 12.8 Å². The minimum atomic E-state index is -4.52. The van der Waals surface area contributed by atoms with E-state index in [2.05, 4.69) is 5.10 Å². The van der Waals surface area contributed by atoms with E-state index in [1.54, 1.807) is 49.1 Å². The van der Waals surface area contributed by atoms with Crippen molar-refractivity contribution in [2.45, 2.75) is 43.8 Å². The van der Waals surface area contributed by atoms with Gasteiger partial charge in [0.25, 0.3) is 0 Å². The molecule has 198 valence electrons. The van der Waals surface area contributed by atoms with Gasteiger partial charge in [0.15, 0.2) is 0 Å². The first kappa shape index (κ1) is 26.9. The van der Waals surface area contributed by atoms with Crippen LogP contribution in [0.4, 0.5) is 13.2 Å². The molecule has 7 nitrogen and oxygen atoms in total. The van der Waals surface area contributed by atoms with Gasteiger partial charge in [0.2, 0.25) is 15.9 Å². The Morgan fingerprint density at radius 2 is 1.73 bits per heavy atom. The van der Waals surface area contributed by atoms with Gasteiger partial charge in [0.1, 0.15) is 0 Å². The third kappa shape index (κ3) is 5.57. The number of hydrogen-bond acceptors (Lipinski definition) is 4. The lowest BCUT2D eigenvalue weighted by molar-refractivity contribution is -0.143. The number of alkyl halides is 3. The molecule has 4 rings (SSSR count). The van der Waals surface area contributed by atoms with Crippen LogP contribution in [0.3, 0.4) is 0 Å². The summed E-state index contributed by atoms with van der Waals surface area (Å²) in [5.74, 6) is -0.721. The van der Waals surface area contributed by atoms with E-state index in [-0.39, 0.29) is 36.0 Å². The van der Waals surface area contributed by atoms with E-state index in [1.165, 1.54) is 39.5 Å². The molecule has 11 heteroatoms. The summed E-state index contributed by atoms with van der Waals surface area (Å²) in [4.78, 5) is 15.0. The van der Waals surface area contributed by atoms with Crippen LogP contribution in [0.5, 0.6) is 0 Å². The number of rotatable bonds is 7. The van der Waals surface area contributed by atoms with Gasteiger partial charge in [-0.05, 0) is 68.7 Å². The first-order valence-corrected chi connectivity index (χ1v) is 13.5. The number of benzene rings is 2. The first-order chi connectivity index (χ1) is 17.5. The van der Waals surface area contributed by atoms with Crippen molar-refractivity contribution in [2.24, 2.45) is 5.92 Å². The Labute approximate surface area is 214 Å². The fourth-order valence-electron chi connectivity index (χ4n) is 4.83. The molecule has 1 fully saturated rings. The van der Waals surface area contributed by atoms with Crippen molar-refractivity contribution in [3.8, 4) is 5.69 Å². The summed E-state index contributed by atoms with van der Waals surface area (Å²) in [6.07, 6.45) is -0.538. The molecule has 1 aliphatic heterocycles. The van der Waals surface area contributed by atoms with Crippen LogP contribution in [0.15, 0.2) is 71.9 Å². The number of halogens is 3. The van der Waals surface area contributed by atoms with Crippen molar-refractivity contribution in [3.63, 3.8) is 0 Å². The number of carbonyl (C=O) groups excluding carboxylic acids is 1. The molecular formula is C26H29F3N4O3S. The van der Waals surface area contributed by atoms with Gasteiger partial charge in [-0.2, -0.15) is 22.6 Å². The monoisotopic (exact) mass is 534 g/mol. The summed E-state index contributed by atoms with van der Waals surface area (Å²) >= 11 is 0. The van der Waals surface area contributed by atoms with Crippen LogP contribution < -0.4 is 0 Å². The molecule has 3 aromatic rings. The van der Waals surface area contributed by atoms with Crippen LogP contribution in [0.1, 0.15) is 43.9 Å². The first-order valence-electron chi connectivity index (χ1n) is 12.1. The molecule has 0 bridgehead atoms. The van der Waals surface area contributed by atoms with Crippen LogP contribution >= 0.6 is 0 Å². The minimum Gasteiger partial charge on any atom is -0.336 e. The van der Waals surface area contributed by atoms with Gasteiger partial charge in [-0.15, -0.1) is 0 Å². The van der Waals surface area contributed by atoms with Crippen LogP contribution in [-0.2, 0) is 21.0 Å². The molecule has 1 amide bonds. The van der Waals surface area contributed by atoms with E-state index in [0.717, 1.165) is 11.8 Å². The van der Waals surface area contributed by atoms with E-state index in [4.69, 9.17) is 0 Å². The number of aromatic nitrogens is 2. The maximum absolute atomic E-state index is 13.5. The molecule has 2 aromatic carbocycles. The second-order valence-electron chi connectivity index (χ2n) is 9.01. The Morgan fingerprint density at radius 3 is 2.30 bits per heavy atom. The molecule has 1 aromatic heterocycles. The van der Waals surface area contributed by atoms with Gasteiger partial charge in [0, 0.05) is 37.9 Å². The molecule has 37 heavy (non-hydrogen) atoms. The van der Waals surface area contributed by atoms with Crippen molar-refractivity contribution in [1.29, 1.82) is 0 Å². The summed E-state index contributed by atoms with van der Waals surface area (Å²) < 4.78 is 70.0. The highest BCUT2D eigenvalue weighted by Gasteiger charge is 2.38. The number of amides is 1. The van der Waals surface area contributed by atoms with Crippen LogP contribution in [0.25, 0.3) is 5.69 Å². The van der Waals surface area contributed by atoms with Gasteiger partial charge >= 0.3 is 6.18 Å². The number of piperidine rings is 1. The molecule has 1 saturated heterocycles. The smallest absolute Gasteiger partial charge is 0.336 e. The lowest BCUT2D eigenvalue weighted by Crippen LogP contribution is -2.45. The Morgan fingerprint density at radius 1 is 1.08 bits per heavy atom. The minimum absolute atomic E-state index is 0.0452. The summed E-state index contributed by atoms with van der Waals surface area (Å²) in [5.41, 5.74) is 0.0196. The molecule has 1 atom stereocenters. The Hall–Kier alpha value is -3.18. The normalized spacial score (nSPS) is 16.5. The average molecular weight is 535 g/mol. The maximum atomic E-state index is 13.5. The van der Waals surface area contributed by atoms with Crippen LogP contribution in [0, 0.1) is 5.92 Å². The Kier molecular flexibility index (Phi) is 7.75. The van der Waals surface area contributed by atoms with Gasteiger partial charge in [-0.3, -0.25) is 4.79 Å². The molecule has 0 unspecified atom stereocenters. The highest BCUT2D eigenvalue weighted by atomic mass is 32.2. The van der Waals surface area contributed by atoms with Gasteiger partial charge in [0.05, 0.1) is 22.2 Å². The summed E-state index contributed by atoms with van der Waals surface area (Å²) in [6, 6.07) is 12.7. The molecular weight excluding hydrogens is 505 g/mol. The SMILES string of the molecule is CCN(C(=O)C1CCN(S(=O)(=O)c2ccc(-n3cccn3)cc2)CC1)[C@H](C)c1ccccc1C(F)(F)F. The van der Waals surface area contributed by atoms with Crippen molar-refractivity contribution in [2.75, 3.05) is 19.6 Å². The lowest BCUT2D eigenvalue weighted by Gasteiger charge is -2.36. The standard InChI is InChI=1S/C26H29F3N4O3S/c1-3-32(19(2)23-7-4-5-8-24(23)26(27,28)29)25(34)20-13-17-31(18-14-20)37(35,36)22-11-9-21(10-12-22)33-16-6-15-30-33/h4-12,15-16,19-20H,3,13-14,17-18H2,1-2H3/t19-/m1/s1. The van der Waals surface area contributed by atoms with Crippen molar-refractivity contribution in [3.05, 3.63) is 78.1 Å². The van der Waals surface area contributed by atoms with Gasteiger partial charge in [-0.25, -0.2) is 13.1 Å². The number of sulfonamides is 1. The number of carbonyl (C=O) groups is 1. The Balaban J connectivity index is 1.44. The largest absolute Gasteiger partial charge is 0.416 e. The van der Waals surface area contributed by atoms with Gasteiger partial charge in [-0.1, -0.05) is 18.2 Å². The predicted molar refractivity (Wildman–Crippen MR) is 132 cm³/mol. The highest BCUT2D eigenvalue weighted by molar-refractivity contribution is 7.89. The molecule has 1 aliphatic rings. The third-order valence-corrected chi connectivity index (χ3v) is 8.77. The second kappa shape index (κ2) is 10.7. The molecule has 0 saturated carbocycles. The fourth-order valence-corrected chi connectivity index (χ4v) is 6.30. The lowest BCUT2D eigenvalue weighted by atomic mass is 9.94.